The molecule has 1 aliphatic heterocycles. The first-order valence-corrected chi connectivity index (χ1v) is 16.8. The number of sulfone groups is 1. The van der Waals surface area contributed by atoms with E-state index in [0.717, 1.165) is 12.1 Å². The van der Waals surface area contributed by atoms with Crippen LogP contribution < -0.4 is 15.0 Å². The molecule has 1 heterocycles. The van der Waals surface area contributed by atoms with Gasteiger partial charge < -0.3 is 24.4 Å². The number of hydrogen-bond acceptors (Lipinski definition) is 8. The third kappa shape index (κ3) is 10.2. The zero-order valence-electron chi connectivity index (χ0n) is 26.5. The molecule has 1 amide bonds. The van der Waals surface area contributed by atoms with Crippen LogP contribution in [0.15, 0.2) is 89.8 Å². The molecule has 3 aromatic rings. The van der Waals surface area contributed by atoms with Crippen LogP contribution in [0.5, 0.6) is 5.75 Å². The van der Waals surface area contributed by atoms with Gasteiger partial charge in [-0.25, -0.2) is 13.2 Å². The molecule has 0 unspecified atom stereocenters. The fraction of sp³-hybridized carbons (Fsp3) is 0.353. The number of hydrogen-bond donors (Lipinski definition) is 1. The van der Waals surface area contributed by atoms with Gasteiger partial charge in [0.15, 0.2) is 9.84 Å². The predicted molar refractivity (Wildman–Crippen MR) is 170 cm³/mol. The highest BCUT2D eigenvalue weighted by molar-refractivity contribution is 7.91. The lowest BCUT2D eigenvalue weighted by atomic mass is 10.0. The maximum absolute atomic E-state index is 13.3. The van der Waals surface area contributed by atoms with Crippen LogP contribution in [0, 0.1) is 0 Å². The van der Waals surface area contributed by atoms with Gasteiger partial charge in [-0.05, 0) is 72.6 Å². The van der Waals surface area contributed by atoms with Crippen LogP contribution in [-0.2, 0) is 30.3 Å². The minimum absolute atomic E-state index is 0.0748. The summed E-state index contributed by atoms with van der Waals surface area (Å²) in [6, 6.07) is 15.4. The van der Waals surface area contributed by atoms with Gasteiger partial charge in [0.25, 0.3) is 5.91 Å². The van der Waals surface area contributed by atoms with Crippen molar-refractivity contribution in [3.05, 3.63) is 102 Å². The SMILES string of the molecule is CCS(=O)(=O)c1ccc([C@H](C/C=C/C(=O)OC)NC(=O)c2ccc(N3C[C@@H](Oc4ccc(C(F)(F)F)cc4)C[C@H]3COC(F)F)cc2)cc1. The van der Waals surface area contributed by atoms with E-state index in [9.17, 15) is 40.0 Å². The zero-order chi connectivity index (χ0) is 35.8. The lowest BCUT2D eigenvalue weighted by Crippen LogP contribution is -2.34. The second kappa shape index (κ2) is 16.3. The molecule has 4 rings (SSSR count). The molecular weight excluding hydrogens is 675 g/mol. The minimum Gasteiger partial charge on any atom is -0.489 e. The first-order chi connectivity index (χ1) is 23.2. The minimum atomic E-state index is -4.50. The summed E-state index contributed by atoms with van der Waals surface area (Å²) in [6.45, 7) is -1.61. The molecule has 0 radical (unpaired) electrons. The van der Waals surface area contributed by atoms with Gasteiger partial charge in [0.1, 0.15) is 11.9 Å². The van der Waals surface area contributed by atoms with E-state index >= 15 is 0 Å². The van der Waals surface area contributed by atoms with Gasteiger partial charge in [0, 0.05) is 23.7 Å². The van der Waals surface area contributed by atoms with Crippen LogP contribution in [0.2, 0.25) is 0 Å². The summed E-state index contributed by atoms with van der Waals surface area (Å²) in [7, 11) is -2.22. The highest BCUT2D eigenvalue weighted by Gasteiger charge is 2.35. The number of rotatable bonds is 14. The highest BCUT2D eigenvalue weighted by atomic mass is 32.2. The number of halogens is 5. The Morgan fingerprint density at radius 3 is 2.22 bits per heavy atom. The Balaban J connectivity index is 1.49. The van der Waals surface area contributed by atoms with Crippen molar-refractivity contribution in [1.29, 1.82) is 0 Å². The van der Waals surface area contributed by atoms with E-state index in [0.29, 0.717) is 11.3 Å². The van der Waals surface area contributed by atoms with E-state index in [-0.39, 0.29) is 48.0 Å². The molecular formula is C34H35F5N2O7S. The van der Waals surface area contributed by atoms with E-state index in [1.54, 1.807) is 29.2 Å². The number of amides is 1. The van der Waals surface area contributed by atoms with Crippen LogP contribution in [0.25, 0.3) is 0 Å². The number of carbonyl (C=O) groups excluding carboxylic acids is 2. The van der Waals surface area contributed by atoms with Gasteiger partial charge in [-0.3, -0.25) is 4.79 Å². The number of anilines is 1. The van der Waals surface area contributed by atoms with Gasteiger partial charge in [-0.1, -0.05) is 25.1 Å². The summed E-state index contributed by atoms with van der Waals surface area (Å²) in [5, 5.41) is 2.89. The standard InChI is InChI=1S/C34H35F5N2O7S/c1-3-49(44,45)29-17-9-22(10-18-29)30(5-4-6-31(42)46-2)40-32(43)23-7-13-25(14-8-23)41-20-28(19-26(41)21-47-33(35)36)48-27-15-11-24(12-16-27)34(37,38)39/h4,6-18,26,28,30,33H,3,5,19-21H2,1-2H3,(H,40,43)/b6-4+/t26-,28-,30-/m0/s1. The number of ether oxygens (including phenoxy) is 3. The van der Waals surface area contributed by atoms with Crippen molar-refractivity contribution in [3.63, 3.8) is 0 Å². The number of methoxy groups -OCH3 is 1. The van der Waals surface area contributed by atoms with Gasteiger partial charge in [0.2, 0.25) is 0 Å². The van der Waals surface area contributed by atoms with Crippen molar-refractivity contribution in [1.82, 2.24) is 5.32 Å². The molecule has 9 nitrogen and oxygen atoms in total. The first kappa shape index (κ1) is 37.3. The van der Waals surface area contributed by atoms with Crippen LogP contribution in [0.4, 0.5) is 27.6 Å². The van der Waals surface area contributed by atoms with Crippen molar-refractivity contribution in [2.45, 2.75) is 55.6 Å². The van der Waals surface area contributed by atoms with E-state index in [4.69, 9.17) is 4.74 Å². The van der Waals surface area contributed by atoms with Gasteiger partial charge in [-0.15, -0.1) is 0 Å². The zero-order valence-corrected chi connectivity index (χ0v) is 27.3. The van der Waals surface area contributed by atoms with Crippen molar-refractivity contribution < 1.29 is 54.2 Å². The Morgan fingerprint density at radius 1 is 1.00 bits per heavy atom. The summed E-state index contributed by atoms with van der Waals surface area (Å²) < 4.78 is 104. The third-order valence-electron chi connectivity index (χ3n) is 7.89. The van der Waals surface area contributed by atoms with Crippen LogP contribution in [0.3, 0.4) is 0 Å². The fourth-order valence-electron chi connectivity index (χ4n) is 5.30. The lowest BCUT2D eigenvalue weighted by Gasteiger charge is -2.26. The van der Waals surface area contributed by atoms with Crippen molar-refractivity contribution in [3.8, 4) is 5.75 Å². The smallest absolute Gasteiger partial charge is 0.416 e. The van der Waals surface area contributed by atoms with Crippen LogP contribution in [0.1, 0.15) is 47.3 Å². The van der Waals surface area contributed by atoms with E-state index in [2.05, 4.69) is 14.8 Å². The van der Waals surface area contributed by atoms with Crippen molar-refractivity contribution in [2.24, 2.45) is 0 Å². The molecule has 3 aromatic carbocycles. The van der Waals surface area contributed by atoms with Crippen LogP contribution in [-0.4, -0.2) is 65.1 Å². The summed E-state index contributed by atoms with van der Waals surface area (Å²) >= 11 is 0. The monoisotopic (exact) mass is 710 g/mol. The number of esters is 1. The Kier molecular flexibility index (Phi) is 12.4. The Labute approximate surface area is 280 Å². The molecule has 264 valence electrons. The molecule has 1 fully saturated rings. The number of carbonyl (C=O) groups is 2. The molecule has 0 spiro atoms. The average molecular weight is 711 g/mol. The normalized spacial score (nSPS) is 17.3. The highest BCUT2D eigenvalue weighted by Crippen LogP contribution is 2.33. The van der Waals surface area contributed by atoms with E-state index in [1.807, 2.05) is 0 Å². The van der Waals surface area contributed by atoms with Crippen molar-refractivity contribution in [2.75, 3.05) is 30.9 Å². The molecule has 1 saturated heterocycles. The summed E-state index contributed by atoms with van der Waals surface area (Å²) in [6.07, 6.45) is -1.90. The second-order valence-electron chi connectivity index (χ2n) is 11.1. The Hall–Kier alpha value is -4.50. The van der Waals surface area contributed by atoms with Crippen LogP contribution >= 0.6 is 0 Å². The van der Waals surface area contributed by atoms with Gasteiger partial charge in [-0.2, -0.15) is 22.0 Å². The summed E-state index contributed by atoms with van der Waals surface area (Å²) in [5.74, 6) is -0.945. The average Bonchev–Trinajstić information content (AvgIpc) is 3.49. The van der Waals surface area contributed by atoms with E-state index in [1.165, 1.54) is 62.6 Å². The predicted octanol–water partition coefficient (Wildman–Crippen LogP) is 6.35. The largest absolute Gasteiger partial charge is 0.489 e. The molecule has 49 heavy (non-hydrogen) atoms. The molecule has 0 aromatic heterocycles. The Morgan fingerprint density at radius 2 is 1.65 bits per heavy atom. The van der Waals surface area contributed by atoms with Gasteiger partial charge in [0.05, 0.1) is 48.6 Å². The Bertz CT molecular complexity index is 1700. The number of nitrogens with zero attached hydrogens (tertiary/aromatic N) is 1. The molecule has 1 aliphatic rings. The van der Waals surface area contributed by atoms with E-state index < -0.39 is 58.3 Å². The molecule has 15 heteroatoms. The number of nitrogens with one attached hydrogen (secondary N) is 1. The number of benzene rings is 3. The molecule has 0 saturated carbocycles. The molecule has 1 N–H and O–H groups in total. The molecule has 0 aliphatic carbocycles. The number of alkyl halides is 5. The maximum Gasteiger partial charge on any atom is 0.416 e. The summed E-state index contributed by atoms with van der Waals surface area (Å²) in [5.41, 5.74) is 0.591. The second-order valence-corrected chi connectivity index (χ2v) is 13.4. The first-order valence-electron chi connectivity index (χ1n) is 15.2. The molecule has 0 bridgehead atoms. The van der Waals surface area contributed by atoms with Gasteiger partial charge >= 0.3 is 18.8 Å². The third-order valence-corrected chi connectivity index (χ3v) is 9.64. The lowest BCUT2D eigenvalue weighted by molar-refractivity contribution is -0.137. The quantitative estimate of drug-likeness (QED) is 0.117. The maximum atomic E-state index is 13.3. The molecule has 3 atom stereocenters. The van der Waals surface area contributed by atoms with Crippen molar-refractivity contribution >= 4 is 27.4 Å². The fourth-order valence-corrected chi connectivity index (χ4v) is 6.18. The topological polar surface area (TPSA) is 111 Å². The summed E-state index contributed by atoms with van der Waals surface area (Å²) in [4.78, 5) is 26.8.